The summed E-state index contributed by atoms with van der Waals surface area (Å²) < 4.78 is 0. The molecule has 0 aliphatic carbocycles. The number of hydrogen-bond donors (Lipinski definition) is 3. The van der Waals surface area contributed by atoms with Gasteiger partial charge in [-0.2, -0.15) is 4.91 Å². The van der Waals surface area contributed by atoms with Gasteiger partial charge in [0.1, 0.15) is 6.54 Å². The summed E-state index contributed by atoms with van der Waals surface area (Å²) in [5, 5.41) is 13.5. The van der Waals surface area contributed by atoms with Gasteiger partial charge < -0.3 is 16.0 Å². The Balaban J connectivity index is 1.28. The van der Waals surface area contributed by atoms with E-state index in [-0.39, 0.29) is 12.5 Å². The van der Waals surface area contributed by atoms with Gasteiger partial charge in [-0.3, -0.25) is 14.8 Å². The first-order valence-corrected chi connectivity index (χ1v) is 11.3. The molecule has 36 heavy (non-hydrogen) atoms. The molecule has 0 aliphatic heterocycles. The van der Waals surface area contributed by atoms with E-state index < -0.39 is 0 Å². The second-order valence-electron chi connectivity index (χ2n) is 8.10. The number of carbonyl (C=O) groups is 1. The topological polar surface area (TPSA) is 108 Å². The summed E-state index contributed by atoms with van der Waals surface area (Å²) in [4.78, 5) is 31.9. The Morgan fingerprint density at radius 2 is 1.53 bits per heavy atom. The summed E-state index contributed by atoms with van der Waals surface area (Å²) in [7, 11) is 0. The van der Waals surface area contributed by atoms with Crippen LogP contribution >= 0.6 is 0 Å². The van der Waals surface area contributed by atoms with Crippen molar-refractivity contribution in [1.82, 2.24) is 9.97 Å². The summed E-state index contributed by atoms with van der Waals surface area (Å²) in [5.74, 6) is -0.206. The molecule has 0 atom stereocenters. The average molecular weight is 475 g/mol. The fourth-order valence-corrected chi connectivity index (χ4v) is 3.82. The number of amides is 1. The maximum atomic E-state index is 12.8. The highest BCUT2D eigenvalue weighted by Crippen LogP contribution is 2.27. The van der Waals surface area contributed by atoms with E-state index in [1.54, 1.807) is 30.7 Å². The zero-order valence-corrected chi connectivity index (χ0v) is 19.2. The van der Waals surface area contributed by atoms with Gasteiger partial charge in [-0.25, -0.2) is 0 Å². The number of benzene rings is 3. The molecule has 0 aliphatic rings. The Kier molecular flexibility index (Phi) is 6.57. The van der Waals surface area contributed by atoms with Crippen LogP contribution in [0.15, 0.2) is 109 Å². The van der Waals surface area contributed by atoms with Gasteiger partial charge in [0.25, 0.3) is 5.91 Å². The van der Waals surface area contributed by atoms with E-state index in [1.807, 2.05) is 72.8 Å². The molecule has 0 fully saturated rings. The van der Waals surface area contributed by atoms with Crippen molar-refractivity contribution in [3.05, 3.63) is 120 Å². The Labute approximate surface area is 207 Å². The normalized spacial score (nSPS) is 10.6. The monoisotopic (exact) mass is 474 g/mol. The number of anilines is 5. The van der Waals surface area contributed by atoms with Crippen molar-refractivity contribution in [2.45, 2.75) is 6.54 Å². The standard InChI is InChI=1S/C28H22N6O2/c35-28(34-24-3-1-2-23(17-24)32-22-10-13-29-14-11-22)20-5-7-21(8-6-20)33-27-12-15-30-26-9-4-19(18-31-36)16-25(26)27/h1-17H,18H2,(H,29,32)(H,30,33)(H,34,35). The van der Waals surface area contributed by atoms with Crippen LogP contribution in [-0.2, 0) is 6.54 Å². The molecule has 8 nitrogen and oxygen atoms in total. The molecule has 176 valence electrons. The molecule has 2 aromatic heterocycles. The smallest absolute Gasteiger partial charge is 0.255 e. The predicted octanol–water partition coefficient (Wildman–Crippen LogP) is 6.64. The molecular weight excluding hydrogens is 452 g/mol. The molecule has 5 aromatic rings. The zero-order valence-electron chi connectivity index (χ0n) is 19.2. The maximum Gasteiger partial charge on any atom is 0.255 e. The van der Waals surface area contributed by atoms with Gasteiger partial charge in [-0.05, 0) is 78.4 Å². The van der Waals surface area contributed by atoms with E-state index in [2.05, 4.69) is 31.1 Å². The number of nitroso groups, excluding NO2 is 1. The summed E-state index contributed by atoms with van der Waals surface area (Å²) in [6.07, 6.45) is 5.15. The molecule has 1 amide bonds. The van der Waals surface area contributed by atoms with E-state index in [0.29, 0.717) is 11.3 Å². The lowest BCUT2D eigenvalue weighted by atomic mass is 10.1. The summed E-state index contributed by atoms with van der Waals surface area (Å²) in [6, 6.07) is 26.0. The molecule has 0 unspecified atom stereocenters. The van der Waals surface area contributed by atoms with Crippen molar-refractivity contribution >= 4 is 45.2 Å². The summed E-state index contributed by atoms with van der Waals surface area (Å²) in [5.41, 5.74) is 6.29. The highest BCUT2D eigenvalue weighted by molar-refractivity contribution is 6.04. The maximum absolute atomic E-state index is 12.8. The molecule has 0 saturated heterocycles. The molecule has 3 N–H and O–H groups in total. The Morgan fingerprint density at radius 1 is 0.750 bits per heavy atom. The van der Waals surface area contributed by atoms with Crippen LogP contribution in [0.5, 0.6) is 0 Å². The third-order valence-corrected chi connectivity index (χ3v) is 5.57. The Bertz CT molecular complexity index is 1520. The van der Waals surface area contributed by atoms with Gasteiger partial charge in [0.2, 0.25) is 0 Å². The van der Waals surface area contributed by atoms with Crippen LogP contribution in [0.4, 0.5) is 28.4 Å². The van der Waals surface area contributed by atoms with Crippen molar-refractivity contribution in [3.8, 4) is 0 Å². The van der Waals surface area contributed by atoms with Gasteiger partial charge in [-0.1, -0.05) is 17.3 Å². The number of aromatic nitrogens is 2. The molecule has 0 bridgehead atoms. The lowest BCUT2D eigenvalue weighted by molar-refractivity contribution is 0.102. The average Bonchev–Trinajstić information content (AvgIpc) is 2.90. The molecule has 3 aromatic carbocycles. The molecule has 5 rings (SSSR count). The largest absolute Gasteiger partial charge is 0.355 e. The minimum absolute atomic E-state index is 0.108. The number of fused-ring (bicyclic) bond motifs is 1. The van der Waals surface area contributed by atoms with E-state index in [1.165, 1.54) is 0 Å². The van der Waals surface area contributed by atoms with Crippen molar-refractivity contribution in [3.63, 3.8) is 0 Å². The van der Waals surface area contributed by atoms with Crippen LogP contribution in [0.3, 0.4) is 0 Å². The minimum Gasteiger partial charge on any atom is -0.355 e. The second kappa shape index (κ2) is 10.4. The van der Waals surface area contributed by atoms with Crippen LogP contribution in [0, 0.1) is 4.91 Å². The van der Waals surface area contributed by atoms with Gasteiger partial charge >= 0.3 is 0 Å². The van der Waals surface area contributed by atoms with Crippen molar-refractivity contribution in [2.75, 3.05) is 16.0 Å². The third-order valence-electron chi connectivity index (χ3n) is 5.57. The first kappa shape index (κ1) is 22.7. The van der Waals surface area contributed by atoms with Crippen LogP contribution in [0.1, 0.15) is 15.9 Å². The fraction of sp³-hybridized carbons (Fsp3) is 0.0357. The number of nitrogens with zero attached hydrogens (tertiary/aromatic N) is 3. The van der Waals surface area contributed by atoms with Crippen LogP contribution in [-0.4, -0.2) is 15.9 Å². The van der Waals surface area contributed by atoms with E-state index in [4.69, 9.17) is 0 Å². The molecule has 8 heteroatoms. The van der Waals surface area contributed by atoms with E-state index in [0.717, 1.165) is 39.2 Å². The first-order chi connectivity index (χ1) is 17.7. The van der Waals surface area contributed by atoms with Crippen molar-refractivity contribution in [2.24, 2.45) is 5.18 Å². The third kappa shape index (κ3) is 5.34. The quantitative estimate of drug-likeness (QED) is 0.218. The molecular formula is C28H22N6O2. The van der Waals surface area contributed by atoms with E-state index in [9.17, 15) is 9.70 Å². The van der Waals surface area contributed by atoms with Crippen molar-refractivity contribution < 1.29 is 4.79 Å². The number of hydrogen-bond acceptors (Lipinski definition) is 7. The fourth-order valence-electron chi connectivity index (χ4n) is 3.82. The van der Waals surface area contributed by atoms with Crippen LogP contribution < -0.4 is 16.0 Å². The number of carbonyl (C=O) groups excluding carboxylic acids is 1. The Morgan fingerprint density at radius 3 is 2.33 bits per heavy atom. The number of rotatable bonds is 8. The predicted molar refractivity (Wildman–Crippen MR) is 143 cm³/mol. The number of pyridine rings is 2. The minimum atomic E-state index is -0.206. The summed E-state index contributed by atoms with van der Waals surface area (Å²) >= 11 is 0. The van der Waals surface area contributed by atoms with Gasteiger partial charge in [0.05, 0.1) is 5.52 Å². The van der Waals surface area contributed by atoms with E-state index >= 15 is 0 Å². The van der Waals surface area contributed by atoms with Gasteiger partial charge in [0, 0.05) is 58.0 Å². The highest BCUT2D eigenvalue weighted by Gasteiger charge is 2.09. The van der Waals surface area contributed by atoms with Crippen molar-refractivity contribution in [1.29, 1.82) is 0 Å². The van der Waals surface area contributed by atoms with Gasteiger partial charge in [0.15, 0.2) is 0 Å². The summed E-state index contributed by atoms with van der Waals surface area (Å²) in [6.45, 7) is 0.108. The van der Waals surface area contributed by atoms with Crippen LogP contribution in [0.2, 0.25) is 0 Å². The second-order valence-corrected chi connectivity index (χ2v) is 8.10. The highest BCUT2D eigenvalue weighted by atomic mass is 16.3. The Hall–Kier alpha value is -5.11. The number of nitrogens with one attached hydrogen (secondary N) is 3. The molecule has 0 spiro atoms. The SMILES string of the molecule is O=NCc1ccc2nccc(Nc3ccc(C(=O)Nc4cccc(Nc5ccncc5)c4)cc3)c2c1. The first-order valence-electron chi connectivity index (χ1n) is 11.3. The lowest BCUT2D eigenvalue weighted by Gasteiger charge is -2.12. The van der Waals surface area contributed by atoms with Crippen LogP contribution in [0.25, 0.3) is 10.9 Å². The molecule has 0 radical (unpaired) electrons. The zero-order chi connectivity index (χ0) is 24.7. The molecule has 2 heterocycles. The molecule has 0 saturated carbocycles. The van der Waals surface area contributed by atoms with Gasteiger partial charge in [-0.15, -0.1) is 0 Å². The lowest BCUT2D eigenvalue weighted by Crippen LogP contribution is -2.11.